The Kier molecular flexibility index (Phi) is 7.31. The van der Waals surface area contributed by atoms with Crippen LogP contribution in [-0.2, 0) is 4.79 Å². The number of imide groups is 1. The molecule has 0 spiro atoms. The molecule has 7 heteroatoms. The van der Waals surface area contributed by atoms with Gasteiger partial charge in [0.05, 0.1) is 12.6 Å². The van der Waals surface area contributed by atoms with Crippen molar-refractivity contribution in [2.24, 2.45) is 0 Å². The molecule has 1 rings (SSSR count). The van der Waals surface area contributed by atoms with Gasteiger partial charge in [-0.25, -0.2) is 9.18 Å². The SMILES string of the molecule is CNC(=O)NC(=O)C(C)N(C)CCCOc1ccc(F)cc1. The van der Waals surface area contributed by atoms with E-state index in [1.54, 1.807) is 26.1 Å². The van der Waals surface area contributed by atoms with Gasteiger partial charge >= 0.3 is 6.03 Å². The van der Waals surface area contributed by atoms with Crippen molar-refractivity contribution >= 4 is 11.9 Å². The summed E-state index contributed by atoms with van der Waals surface area (Å²) >= 11 is 0. The Bertz CT molecular complexity index is 493. The summed E-state index contributed by atoms with van der Waals surface area (Å²) in [7, 11) is 3.25. The maximum absolute atomic E-state index is 12.7. The molecule has 0 heterocycles. The van der Waals surface area contributed by atoms with E-state index in [1.807, 2.05) is 4.90 Å². The highest BCUT2D eigenvalue weighted by atomic mass is 19.1. The number of benzene rings is 1. The number of carbonyl (C=O) groups is 2. The van der Waals surface area contributed by atoms with Crippen LogP contribution >= 0.6 is 0 Å². The van der Waals surface area contributed by atoms with Crippen molar-refractivity contribution in [1.29, 1.82) is 0 Å². The fourth-order valence-electron chi connectivity index (χ4n) is 1.71. The average Bonchev–Trinajstić information content (AvgIpc) is 2.51. The molecule has 1 unspecified atom stereocenters. The van der Waals surface area contributed by atoms with E-state index >= 15 is 0 Å². The Balaban J connectivity index is 2.27. The van der Waals surface area contributed by atoms with Gasteiger partial charge in [0.25, 0.3) is 0 Å². The summed E-state index contributed by atoms with van der Waals surface area (Å²) in [5.41, 5.74) is 0. The molecule has 0 aliphatic heterocycles. The number of halogens is 1. The molecule has 1 atom stereocenters. The molecular weight excluding hydrogens is 289 g/mol. The third-order valence-corrected chi connectivity index (χ3v) is 3.24. The molecule has 0 fully saturated rings. The van der Waals surface area contributed by atoms with Crippen LogP contribution in [0.1, 0.15) is 13.3 Å². The molecular formula is C15H22FN3O3. The number of carbonyl (C=O) groups excluding carboxylic acids is 2. The normalized spacial score (nSPS) is 11.9. The molecule has 122 valence electrons. The third kappa shape index (κ3) is 6.09. The van der Waals surface area contributed by atoms with Crippen molar-refractivity contribution < 1.29 is 18.7 Å². The number of hydrogen-bond donors (Lipinski definition) is 2. The van der Waals surface area contributed by atoms with Crippen LogP contribution in [-0.4, -0.2) is 50.1 Å². The van der Waals surface area contributed by atoms with Crippen LogP contribution in [0.2, 0.25) is 0 Å². The number of hydrogen-bond acceptors (Lipinski definition) is 4. The van der Waals surface area contributed by atoms with Gasteiger partial charge in [0.1, 0.15) is 11.6 Å². The van der Waals surface area contributed by atoms with Gasteiger partial charge < -0.3 is 10.1 Å². The number of amides is 3. The Hall–Kier alpha value is -2.15. The minimum absolute atomic E-state index is 0.303. The Morgan fingerprint density at radius 2 is 1.95 bits per heavy atom. The van der Waals surface area contributed by atoms with Gasteiger partial charge in [0.2, 0.25) is 5.91 Å². The van der Waals surface area contributed by atoms with Gasteiger partial charge in [-0.05, 0) is 44.7 Å². The summed E-state index contributed by atoms with van der Waals surface area (Å²) in [6.45, 7) is 2.81. The lowest BCUT2D eigenvalue weighted by Gasteiger charge is -2.23. The lowest BCUT2D eigenvalue weighted by atomic mass is 10.2. The predicted octanol–water partition coefficient (Wildman–Crippen LogP) is 1.37. The first kappa shape index (κ1) is 17.9. The number of nitrogens with zero attached hydrogens (tertiary/aromatic N) is 1. The molecule has 0 saturated carbocycles. The van der Waals surface area contributed by atoms with Crippen LogP contribution in [0.4, 0.5) is 9.18 Å². The summed E-state index contributed by atoms with van der Waals surface area (Å²) in [6, 6.07) is 4.86. The van der Waals surface area contributed by atoms with E-state index in [4.69, 9.17) is 4.74 Å². The Morgan fingerprint density at radius 1 is 1.32 bits per heavy atom. The van der Waals surface area contributed by atoms with E-state index < -0.39 is 12.1 Å². The fraction of sp³-hybridized carbons (Fsp3) is 0.467. The summed E-state index contributed by atoms with van der Waals surface area (Å²) in [4.78, 5) is 24.7. The molecule has 1 aromatic carbocycles. The standard InChI is InChI=1S/C15H22FN3O3/c1-11(14(20)18-15(21)17-2)19(3)9-4-10-22-13-7-5-12(16)6-8-13/h5-8,11H,4,9-10H2,1-3H3,(H2,17,18,20,21). The smallest absolute Gasteiger partial charge is 0.321 e. The number of ether oxygens (including phenoxy) is 1. The highest BCUT2D eigenvalue weighted by molar-refractivity contribution is 5.96. The van der Waals surface area contributed by atoms with Gasteiger partial charge in [-0.2, -0.15) is 0 Å². The number of rotatable bonds is 7. The largest absolute Gasteiger partial charge is 0.494 e. The summed E-state index contributed by atoms with van der Waals surface area (Å²) < 4.78 is 18.2. The molecule has 0 radical (unpaired) electrons. The maximum Gasteiger partial charge on any atom is 0.321 e. The molecule has 2 N–H and O–H groups in total. The average molecular weight is 311 g/mol. The lowest BCUT2D eigenvalue weighted by Crippen LogP contribution is -2.48. The number of urea groups is 1. The monoisotopic (exact) mass is 311 g/mol. The summed E-state index contributed by atoms with van der Waals surface area (Å²) in [5, 5.41) is 4.56. The number of likely N-dealkylation sites (N-methyl/N-ethyl adjacent to an activating group) is 1. The second-order valence-corrected chi connectivity index (χ2v) is 4.88. The molecule has 22 heavy (non-hydrogen) atoms. The van der Waals surface area contributed by atoms with E-state index in [-0.39, 0.29) is 11.7 Å². The molecule has 6 nitrogen and oxygen atoms in total. The van der Waals surface area contributed by atoms with Crippen LogP contribution < -0.4 is 15.4 Å². The van der Waals surface area contributed by atoms with Crippen molar-refractivity contribution in [3.8, 4) is 5.75 Å². The van der Waals surface area contributed by atoms with Crippen LogP contribution in [0.5, 0.6) is 5.75 Å². The molecule has 0 bridgehead atoms. The zero-order valence-electron chi connectivity index (χ0n) is 13.1. The Labute approximate surface area is 129 Å². The van der Waals surface area contributed by atoms with Gasteiger partial charge in [0.15, 0.2) is 0 Å². The van der Waals surface area contributed by atoms with E-state index in [0.29, 0.717) is 25.3 Å². The van der Waals surface area contributed by atoms with Crippen molar-refractivity contribution in [1.82, 2.24) is 15.5 Å². The molecule has 3 amide bonds. The van der Waals surface area contributed by atoms with E-state index in [1.165, 1.54) is 19.2 Å². The van der Waals surface area contributed by atoms with E-state index in [2.05, 4.69) is 10.6 Å². The second-order valence-electron chi connectivity index (χ2n) is 4.88. The zero-order valence-corrected chi connectivity index (χ0v) is 13.1. The maximum atomic E-state index is 12.7. The van der Waals surface area contributed by atoms with Crippen molar-refractivity contribution in [2.45, 2.75) is 19.4 Å². The van der Waals surface area contributed by atoms with Crippen LogP contribution in [0.3, 0.4) is 0 Å². The van der Waals surface area contributed by atoms with E-state index in [0.717, 1.165) is 0 Å². The van der Waals surface area contributed by atoms with Gasteiger partial charge in [-0.1, -0.05) is 0 Å². The van der Waals surface area contributed by atoms with Crippen LogP contribution in [0.25, 0.3) is 0 Å². The molecule has 1 aromatic rings. The minimum atomic E-state index is -0.523. The minimum Gasteiger partial charge on any atom is -0.494 e. The van der Waals surface area contributed by atoms with Crippen molar-refractivity contribution in [3.63, 3.8) is 0 Å². The molecule has 0 aromatic heterocycles. The van der Waals surface area contributed by atoms with Gasteiger partial charge in [-0.3, -0.25) is 15.0 Å². The molecule has 0 aliphatic rings. The lowest BCUT2D eigenvalue weighted by molar-refractivity contribution is -0.124. The van der Waals surface area contributed by atoms with Crippen LogP contribution in [0.15, 0.2) is 24.3 Å². The highest BCUT2D eigenvalue weighted by Crippen LogP contribution is 2.11. The topological polar surface area (TPSA) is 70.7 Å². The third-order valence-electron chi connectivity index (χ3n) is 3.24. The second kappa shape index (κ2) is 8.99. The quantitative estimate of drug-likeness (QED) is 0.746. The predicted molar refractivity (Wildman–Crippen MR) is 81.2 cm³/mol. The first-order valence-corrected chi connectivity index (χ1v) is 7.05. The first-order chi connectivity index (χ1) is 10.4. The van der Waals surface area contributed by atoms with Gasteiger partial charge in [-0.15, -0.1) is 0 Å². The fourth-order valence-corrected chi connectivity index (χ4v) is 1.71. The van der Waals surface area contributed by atoms with Gasteiger partial charge in [0, 0.05) is 13.6 Å². The molecule has 0 aliphatic carbocycles. The highest BCUT2D eigenvalue weighted by Gasteiger charge is 2.19. The molecule has 0 saturated heterocycles. The summed E-state index contributed by atoms with van der Waals surface area (Å²) in [5.74, 6) is -0.0567. The zero-order chi connectivity index (χ0) is 16.5. The first-order valence-electron chi connectivity index (χ1n) is 7.05. The van der Waals surface area contributed by atoms with Crippen LogP contribution in [0, 0.1) is 5.82 Å². The summed E-state index contributed by atoms with van der Waals surface area (Å²) in [6.07, 6.45) is 0.700. The van der Waals surface area contributed by atoms with Crippen molar-refractivity contribution in [3.05, 3.63) is 30.1 Å². The van der Waals surface area contributed by atoms with Crippen molar-refractivity contribution in [2.75, 3.05) is 27.2 Å². The van der Waals surface area contributed by atoms with E-state index in [9.17, 15) is 14.0 Å². The Morgan fingerprint density at radius 3 is 2.55 bits per heavy atom. The number of nitrogens with one attached hydrogen (secondary N) is 2.